The quantitative estimate of drug-likeness (QED) is 0.758. The average molecular weight is 290 g/mol. The van der Waals surface area contributed by atoms with E-state index in [0.29, 0.717) is 13.1 Å². The smallest absolute Gasteiger partial charge is 0.406 e. The fourth-order valence-electron chi connectivity index (χ4n) is 1.50. The Kier molecular flexibility index (Phi) is 6.30. The van der Waals surface area contributed by atoms with E-state index in [-0.39, 0.29) is 5.56 Å². The van der Waals surface area contributed by atoms with E-state index < -0.39 is 18.0 Å². The largest absolute Gasteiger partial charge is 0.573 e. The zero-order chi connectivity index (χ0) is 15.0. The number of ether oxygens (including phenoxy) is 1. The Bertz CT molecular complexity index is 436. The van der Waals surface area contributed by atoms with E-state index in [4.69, 9.17) is 0 Å². The van der Waals surface area contributed by atoms with Crippen LogP contribution in [0.15, 0.2) is 24.3 Å². The molecule has 0 aromatic heterocycles. The number of alkyl halides is 3. The minimum atomic E-state index is -4.76. The van der Waals surface area contributed by atoms with Gasteiger partial charge in [0, 0.05) is 18.7 Å². The summed E-state index contributed by atoms with van der Waals surface area (Å²) in [5, 5.41) is 5.71. The Morgan fingerprint density at radius 3 is 2.65 bits per heavy atom. The van der Waals surface area contributed by atoms with Crippen LogP contribution in [0.3, 0.4) is 0 Å². The Balaban J connectivity index is 2.49. The van der Waals surface area contributed by atoms with Crippen molar-refractivity contribution < 1.29 is 22.7 Å². The van der Waals surface area contributed by atoms with Gasteiger partial charge in [-0.15, -0.1) is 13.2 Å². The highest BCUT2D eigenvalue weighted by Gasteiger charge is 2.31. The molecule has 1 aromatic carbocycles. The molecule has 1 aromatic rings. The fraction of sp³-hybridized carbons (Fsp3) is 0.462. The first-order valence-corrected chi connectivity index (χ1v) is 6.27. The molecule has 0 radical (unpaired) electrons. The molecule has 20 heavy (non-hydrogen) atoms. The highest BCUT2D eigenvalue weighted by Crippen LogP contribution is 2.23. The molecule has 0 saturated heterocycles. The third-order valence-corrected chi connectivity index (χ3v) is 2.34. The molecule has 1 amide bonds. The molecular formula is C13H17F3N2O2. The number of nitrogens with one attached hydrogen (secondary N) is 2. The molecule has 112 valence electrons. The number of hydrogen-bond donors (Lipinski definition) is 2. The molecule has 0 heterocycles. The van der Waals surface area contributed by atoms with Gasteiger partial charge < -0.3 is 15.4 Å². The number of benzene rings is 1. The van der Waals surface area contributed by atoms with Crippen LogP contribution < -0.4 is 15.4 Å². The van der Waals surface area contributed by atoms with E-state index in [1.807, 2.05) is 6.92 Å². The van der Waals surface area contributed by atoms with Gasteiger partial charge >= 0.3 is 6.36 Å². The molecule has 7 heteroatoms. The molecule has 0 aliphatic rings. The molecule has 0 saturated carbocycles. The van der Waals surface area contributed by atoms with Crippen molar-refractivity contribution in [2.45, 2.75) is 19.7 Å². The van der Waals surface area contributed by atoms with Crippen LogP contribution in [0.5, 0.6) is 5.75 Å². The molecule has 0 atom stereocenters. The van der Waals surface area contributed by atoms with E-state index in [9.17, 15) is 18.0 Å². The summed E-state index contributed by atoms with van der Waals surface area (Å²) in [5.41, 5.74) is 0.127. The summed E-state index contributed by atoms with van der Waals surface area (Å²) in [5.74, 6) is -0.842. The Labute approximate surface area is 115 Å². The number of carbonyl (C=O) groups excluding carboxylic acids is 1. The number of hydrogen-bond acceptors (Lipinski definition) is 3. The summed E-state index contributed by atoms with van der Waals surface area (Å²) in [4.78, 5) is 11.7. The summed E-state index contributed by atoms with van der Waals surface area (Å²) < 4.78 is 40.0. The van der Waals surface area contributed by atoms with Crippen molar-refractivity contribution in [2.75, 3.05) is 19.6 Å². The van der Waals surface area contributed by atoms with E-state index in [0.717, 1.165) is 25.1 Å². The molecule has 1 rings (SSSR count). The lowest BCUT2D eigenvalue weighted by Gasteiger charge is -2.10. The van der Waals surface area contributed by atoms with Gasteiger partial charge in [-0.1, -0.05) is 13.0 Å². The monoisotopic (exact) mass is 290 g/mol. The SMILES string of the molecule is CCCNCCNC(=O)c1cccc(OC(F)(F)F)c1. The standard InChI is InChI=1S/C13H17F3N2O2/c1-2-6-17-7-8-18-12(19)10-4-3-5-11(9-10)20-13(14,15)16/h3-5,9,17H,2,6-8H2,1H3,(H,18,19). The third-order valence-electron chi connectivity index (χ3n) is 2.34. The molecular weight excluding hydrogens is 273 g/mol. The summed E-state index contributed by atoms with van der Waals surface area (Å²) in [7, 11) is 0. The van der Waals surface area contributed by atoms with Gasteiger partial charge in [0.05, 0.1) is 0 Å². The van der Waals surface area contributed by atoms with Gasteiger partial charge in [0.25, 0.3) is 5.91 Å². The van der Waals surface area contributed by atoms with Crippen LogP contribution in [0.25, 0.3) is 0 Å². The van der Waals surface area contributed by atoms with Crippen LogP contribution in [-0.2, 0) is 0 Å². The van der Waals surface area contributed by atoms with E-state index in [1.54, 1.807) is 0 Å². The molecule has 4 nitrogen and oxygen atoms in total. The van der Waals surface area contributed by atoms with Crippen LogP contribution in [0, 0.1) is 0 Å². The maximum Gasteiger partial charge on any atom is 0.573 e. The highest BCUT2D eigenvalue weighted by molar-refractivity contribution is 5.94. The predicted octanol–water partition coefficient (Wildman–Crippen LogP) is 2.31. The molecule has 0 fully saturated rings. The lowest BCUT2D eigenvalue weighted by Crippen LogP contribution is -2.32. The van der Waals surface area contributed by atoms with Crippen molar-refractivity contribution >= 4 is 5.91 Å². The van der Waals surface area contributed by atoms with Crippen molar-refractivity contribution in [1.82, 2.24) is 10.6 Å². The maximum absolute atomic E-state index is 12.1. The maximum atomic E-state index is 12.1. The van der Waals surface area contributed by atoms with Crippen molar-refractivity contribution in [3.8, 4) is 5.75 Å². The zero-order valence-corrected chi connectivity index (χ0v) is 11.1. The summed E-state index contributed by atoms with van der Waals surface area (Å²) >= 11 is 0. The van der Waals surface area contributed by atoms with Gasteiger partial charge in [0.2, 0.25) is 0 Å². The van der Waals surface area contributed by atoms with Crippen LogP contribution in [0.2, 0.25) is 0 Å². The number of amides is 1. The Morgan fingerprint density at radius 2 is 2.00 bits per heavy atom. The lowest BCUT2D eigenvalue weighted by atomic mass is 10.2. The van der Waals surface area contributed by atoms with Gasteiger partial charge in [-0.3, -0.25) is 4.79 Å². The van der Waals surface area contributed by atoms with Crippen molar-refractivity contribution in [2.24, 2.45) is 0 Å². The minimum absolute atomic E-state index is 0.127. The molecule has 0 unspecified atom stereocenters. The third kappa shape index (κ3) is 6.42. The van der Waals surface area contributed by atoms with Gasteiger partial charge in [-0.05, 0) is 31.2 Å². The van der Waals surface area contributed by atoms with Gasteiger partial charge in [0.15, 0.2) is 0 Å². The molecule has 0 spiro atoms. The summed E-state index contributed by atoms with van der Waals surface area (Å²) in [6, 6.07) is 4.97. The lowest BCUT2D eigenvalue weighted by molar-refractivity contribution is -0.274. The number of rotatable bonds is 7. The van der Waals surface area contributed by atoms with E-state index >= 15 is 0 Å². The van der Waals surface area contributed by atoms with Crippen molar-refractivity contribution in [1.29, 1.82) is 0 Å². The van der Waals surface area contributed by atoms with Crippen LogP contribution in [-0.4, -0.2) is 31.9 Å². The van der Waals surface area contributed by atoms with Crippen molar-refractivity contribution in [3.63, 3.8) is 0 Å². The Hall–Kier alpha value is -1.76. The van der Waals surface area contributed by atoms with Gasteiger partial charge in [-0.2, -0.15) is 0 Å². The highest BCUT2D eigenvalue weighted by atomic mass is 19.4. The first-order valence-electron chi connectivity index (χ1n) is 6.27. The van der Waals surface area contributed by atoms with Crippen LogP contribution in [0.4, 0.5) is 13.2 Å². The molecule has 0 aliphatic heterocycles. The van der Waals surface area contributed by atoms with E-state index in [2.05, 4.69) is 15.4 Å². The Morgan fingerprint density at radius 1 is 1.25 bits per heavy atom. The average Bonchev–Trinajstić information content (AvgIpc) is 2.36. The molecule has 0 aliphatic carbocycles. The van der Waals surface area contributed by atoms with Gasteiger partial charge in [-0.25, -0.2) is 0 Å². The van der Waals surface area contributed by atoms with Crippen molar-refractivity contribution in [3.05, 3.63) is 29.8 Å². The predicted molar refractivity (Wildman–Crippen MR) is 68.6 cm³/mol. The van der Waals surface area contributed by atoms with Gasteiger partial charge in [0.1, 0.15) is 5.75 Å². The fourth-order valence-corrected chi connectivity index (χ4v) is 1.50. The summed E-state index contributed by atoms with van der Waals surface area (Å²) in [6.45, 7) is 3.89. The minimum Gasteiger partial charge on any atom is -0.406 e. The number of halogens is 3. The summed E-state index contributed by atoms with van der Waals surface area (Å²) in [6.07, 6.45) is -3.77. The van der Waals surface area contributed by atoms with Crippen LogP contribution in [0.1, 0.15) is 23.7 Å². The topological polar surface area (TPSA) is 50.4 Å². The molecule has 0 bridgehead atoms. The van der Waals surface area contributed by atoms with E-state index in [1.165, 1.54) is 12.1 Å². The second kappa shape index (κ2) is 7.74. The second-order valence-electron chi connectivity index (χ2n) is 4.08. The zero-order valence-electron chi connectivity index (χ0n) is 11.1. The normalized spacial score (nSPS) is 11.2. The van der Waals surface area contributed by atoms with Crippen LogP contribution >= 0.6 is 0 Å². The molecule has 2 N–H and O–H groups in total. The second-order valence-corrected chi connectivity index (χ2v) is 4.08. The first kappa shape index (κ1) is 16.3. The first-order chi connectivity index (χ1) is 9.42. The number of carbonyl (C=O) groups is 1.